The molecule has 3 saturated heterocycles. The van der Waals surface area contributed by atoms with Crippen molar-refractivity contribution >= 4 is 29.5 Å². The number of thioether (sulfide) groups is 1. The van der Waals surface area contributed by atoms with Gasteiger partial charge in [-0.1, -0.05) is 42.5 Å². The molecular formula is C29H39N3O4S. The largest absolute Gasteiger partial charge is 0.396 e. The van der Waals surface area contributed by atoms with E-state index >= 15 is 0 Å². The van der Waals surface area contributed by atoms with Crippen molar-refractivity contribution < 1.29 is 19.5 Å². The highest BCUT2D eigenvalue weighted by atomic mass is 32.2. The summed E-state index contributed by atoms with van der Waals surface area (Å²) in [7, 11) is 1.76. The van der Waals surface area contributed by atoms with Gasteiger partial charge in [0.05, 0.1) is 16.6 Å². The quantitative estimate of drug-likeness (QED) is 0.316. The number of aliphatic hydroxyl groups excluding tert-OH is 1. The Balaban J connectivity index is 1.68. The Kier molecular flexibility index (Phi) is 8.80. The van der Waals surface area contributed by atoms with E-state index < -0.39 is 22.6 Å². The number of carbonyl (C=O) groups excluding carboxylic acids is 3. The van der Waals surface area contributed by atoms with Gasteiger partial charge in [0.2, 0.25) is 17.7 Å². The summed E-state index contributed by atoms with van der Waals surface area (Å²) in [6.07, 6.45) is 7.16. The van der Waals surface area contributed by atoms with Crippen LogP contribution in [0.25, 0.3) is 0 Å². The number of rotatable bonds is 13. The summed E-state index contributed by atoms with van der Waals surface area (Å²) in [4.78, 5) is 47.2. The van der Waals surface area contributed by atoms with Gasteiger partial charge in [0, 0.05) is 45.1 Å². The van der Waals surface area contributed by atoms with Crippen molar-refractivity contribution in [3.05, 3.63) is 61.2 Å². The molecule has 37 heavy (non-hydrogen) atoms. The van der Waals surface area contributed by atoms with E-state index in [1.165, 1.54) is 0 Å². The van der Waals surface area contributed by atoms with E-state index in [-0.39, 0.29) is 29.6 Å². The zero-order chi connectivity index (χ0) is 26.6. The summed E-state index contributed by atoms with van der Waals surface area (Å²) >= 11 is 1.70. The Morgan fingerprint density at radius 3 is 2.54 bits per heavy atom. The van der Waals surface area contributed by atoms with Gasteiger partial charge in [-0.3, -0.25) is 14.4 Å². The fourth-order valence-electron chi connectivity index (χ4n) is 6.43. The fraction of sp³-hybridized carbons (Fsp3) is 0.552. The minimum absolute atomic E-state index is 0.0297. The first-order chi connectivity index (χ1) is 17.9. The maximum absolute atomic E-state index is 14.3. The molecule has 1 spiro atoms. The number of carbonyl (C=O) groups is 3. The van der Waals surface area contributed by atoms with Crippen molar-refractivity contribution in [2.45, 2.75) is 54.7 Å². The maximum atomic E-state index is 14.3. The molecule has 4 rings (SSSR count). The minimum Gasteiger partial charge on any atom is -0.396 e. The van der Waals surface area contributed by atoms with Gasteiger partial charge in [-0.15, -0.1) is 24.9 Å². The lowest BCUT2D eigenvalue weighted by Crippen LogP contribution is -2.54. The van der Waals surface area contributed by atoms with Gasteiger partial charge in [-0.25, -0.2) is 0 Å². The molecular weight excluding hydrogens is 486 g/mol. The normalized spacial score (nSPS) is 27.7. The Morgan fingerprint density at radius 2 is 1.86 bits per heavy atom. The van der Waals surface area contributed by atoms with Gasteiger partial charge in [-0.2, -0.15) is 0 Å². The molecule has 1 aromatic carbocycles. The first-order valence-electron chi connectivity index (χ1n) is 13.3. The van der Waals surface area contributed by atoms with E-state index in [0.717, 1.165) is 24.8 Å². The zero-order valence-corrected chi connectivity index (χ0v) is 22.6. The molecule has 3 aliphatic heterocycles. The summed E-state index contributed by atoms with van der Waals surface area (Å²) in [6, 6.07) is 9.24. The number of hydrogen-bond acceptors (Lipinski definition) is 5. The number of benzene rings is 1. The summed E-state index contributed by atoms with van der Waals surface area (Å²) in [5.41, 5.74) is 1.02. The molecule has 3 amide bonds. The molecule has 3 fully saturated rings. The highest BCUT2D eigenvalue weighted by Crippen LogP contribution is 2.66. The highest BCUT2D eigenvalue weighted by Gasteiger charge is 2.73. The molecule has 5 atom stereocenters. The highest BCUT2D eigenvalue weighted by molar-refractivity contribution is 8.02. The van der Waals surface area contributed by atoms with Crippen molar-refractivity contribution in [3.8, 4) is 0 Å². The maximum Gasteiger partial charge on any atom is 0.247 e. The third-order valence-corrected chi connectivity index (χ3v) is 9.98. The van der Waals surface area contributed by atoms with Crippen LogP contribution in [0.4, 0.5) is 0 Å². The summed E-state index contributed by atoms with van der Waals surface area (Å²) < 4.78 is -0.596. The molecule has 3 aliphatic rings. The van der Waals surface area contributed by atoms with Crippen LogP contribution in [-0.2, 0) is 20.9 Å². The molecule has 0 saturated carbocycles. The van der Waals surface area contributed by atoms with Crippen LogP contribution in [0.1, 0.15) is 37.7 Å². The average Bonchev–Trinajstić information content (AvgIpc) is 3.54. The number of nitrogens with zero attached hydrogens (tertiary/aromatic N) is 3. The topological polar surface area (TPSA) is 81.2 Å². The standard InChI is InChI=1S/C29H39N3O4S/c1-4-16-30(3)26(34)23-22-14-15-29(37-22)24(23)27(35)32(18-10-7-11-19-33)25(29)28(36)31(17-5-2)20-21-12-8-6-9-13-21/h4-6,8-9,12-13,22-25,33H,1-2,7,10-11,14-20H2,3H3/t22-,23+,24+,25?,29?/m1/s1. The lowest BCUT2D eigenvalue weighted by atomic mass is 9.70. The molecule has 1 N–H and O–H groups in total. The van der Waals surface area contributed by atoms with Gasteiger partial charge < -0.3 is 19.8 Å². The lowest BCUT2D eigenvalue weighted by molar-refractivity contribution is -0.144. The first-order valence-corrected chi connectivity index (χ1v) is 14.2. The van der Waals surface area contributed by atoms with Crippen LogP contribution in [0.2, 0.25) is 0 Å². The van der Waals surface area contributed by atoms with E-state index in [1.807, 2.05) is 30.3 Å². The van der Waals surface area contributed by atoms with Gasteiger partial charge in [0.1, 0.15) is 6.04 Å². The molecule has 8 heteroatoms. The second kappa shape index (κ2) is 11.9. The van der Waals surface area contributed by atoms with Crippen LogP contribution in [0.15, 0.2) is 55.6 Å². The van der Waals surface area contributed by atoms with E-state index in [2.05, 4.69) is 13.2 Å². The summed E-state index contributed by atoms with van der Waals surface area (Å²) in [6.45, 7) is 9.45. The van der Waals surface area contributed by atoms with E-state index in [4.69, 9.17) is 0 Å². The zero-order valence-electron chi connectivity index (χ0n) is 21.8. The third kappa shape index (κ3) is 5.10. The smallest absolute Gasteiger partial charge is 0.247 e. The van der Waals surface area contributed by atoms with Crippen molar-refractivity contribution in [2.24, 2.45) is 11.8 Å². The SMILES string of the molecule is C=CCN(C)C(=O)[C@@H]1[C@H]2C(=O)N(CCCCCO)C(C(=O)N(CC=C)Cc3ccccc3)C23CC[C@H]1S3. The number of aliphatic hydroxyl groups is 1. The molecule has 3 heterocycles. The molecule has 2 bridgehead atoms. The van der Waals surface area contributed by atoms with Crippen molar-refractivity contribution in [2.75, 3.05) is 33.3 Å². The first kappa shape index (κ1) is 27.5. The fourth-order valence-corrected chi connectivity index (χ4v) is 8.63. The van der Waals surface area contributed by atoms with Gasteiger partial charge in [-0.05, 0) is 37.7 Å². The molecule has 200 valence electrons. The number of fused-ring (bicyclic) bond motifs is 1. The average molecular weight is 526 g/mol. The van der Waals surface area contributed by atoms with Gasteiger partial charge in [0.15, 0.2) is 0 Å². The van der Waals surface area contributed by atoms with Crippen molar-refractivity contribution in [1.82, 2.24) is 14.7 Å². The van der Waals surface area contributed by atoms with Crippen LogP contribution >= 0.6 is 11.8 Å². The van der Waals surface area contributed by atoms with Crippen LogP contribution < -0.4 is 0 Å². The molecule has 2 unspecified atom stereocenters. The summed E-state index contributed by atoms with van der Waals surface area (Å²) in [5, 5.41) is 9.27. The van der Waals surface area contributed by atoms with E-state index in [0.29, 0.717) is 39.0 Å². The number of likely N-dealkylation sites (N-methyl/N-ethyl adjacent to an activating group) is 1. The van der Waals surface area contributed by atoms with Crippen molar-refractivity contribution in [3.63, 3.8) is 0 Å². The van der Waals surface area contributed by atoms with Crippen LogP contribution in [-0.4, -0.2) is 86.9 Å². The van der Waals surface area contributed by atoms with Crippen LogP contribution in [0.5, 0.6) is 0 Å². The Labute approximate surface area is 224 Å². The van der Waals surface area contributed by atoms with E-state index in [1.54, 1.807) is 45.7 Å². The molecule has 1 aromatic rings. The second-order valence-corrected chi connectivity index (χ2v) is 12.0. The number of likely N-dealkylation sites (tertiary alicyclic amines) is 1. The van der Waals surface area contributed by atoms with Crippen LogP contribution in [0.3, 0.4) is 0 Å². The Morgan fingerprint density at radius 1 is 1.14 bits per heavy atom. The molecule has 7 nitrogen and oxygen atoms in total. The second-order valence-electron chi connectivity index (χ2n) is 10.4. The number of hydrogen-bond donors (Lipinski definition) is 1. The predicted molar refractivity (Wildman–Crippen MR) is 147 cm³/mol. The van der Waals surface area contributed by atoms with E-state index in [9.17, 15) is 19.5 Å². The number of amides is 3. The van der Waals surface area contributed by atoms with Crippen molar-refractivity contribution in [1.29, 1.82) is 0 Å². The predicted octanol–water partition coefficient (Wildman–Crippen LogP) is 3.10. The molecule has 0 aliphatic carbocycles. The van der Waals surface area contributed by atoms with Gasteiger partial charge in [0.25, 0.3) is 0 Å². The molecule has 0 aromatic heterocycles. The Bertz CT molecular complexity index is 1020. The third-order valence-electron chi connectivity index (χ3n) is 8.03. The minimum atomic E-state index is -0.611. The number of unbranched alkanes of at least 4 members (excludes halogenated alkanes) is 2. The Hall–Kier alpha value is -2.58. The monoisotopic (exact) mass is 525 g/mol. The molecule has 0 radical (unpaired) electrons. The lowest BCUT2D eigenvalue weighted by Gasteiger charge is -2.37. The summed E-state index contributed by atoms with van der Waals surface area (Å²) in [5.74, 6) is -1.08. The van der Waals surface area contributed by atoms with Crippen LogP contribution in [0, 0.1) is 11.8 Å². The van der Waals surface area contributed by atoms with Gasteiger partial charge >= 0.3 is 0 Å².